The Bertz CT molecular complexity index is 286. The van der Waals surface area contributed by atoms with E-state index >= 15 is 0 Å². The topological polar surface area (TPSA) is 92.4 Å². The number of nitrogens with one attached hydrogen (secondary N) is 1. The van der Waals surface area contributed by atoms with Gasteiger partial charge in [-0.15, -0.1) is 0 Å². The predicted molar refractivity (Wildman–Crippen MR) is 75.7 cm³/mol. The lowest BCUT2D eigenvalue weighted by molar-refractivity contribution is -0.137. The lowest BCUT2D eigenvalue weighted by Gasteiger charge is -2.24. The maximum Gasteiger partial charge on any atom is 0.303 e. The fourth-order valence-corrected chi connectivity index (χ4v) is 1.84. The molecule has 1 unspecified atom stereocenters. The summed E-state index contributed by atoms with van der Waals surface area (Å²) < 4.78 is 0. The summed E-state index contributed by atoms with van der Waals surface area (Å²) in [6, 6.07) is 0. The van der Waals surface area contributed by atoms with Crippen LogP contribution in [0.3, 0.4) is 0 Å². The van der Waals surface area contributed by atoms with E-state index < -0.39 is 5.97 Å². The number of carbonyl (C=O) groups excluding carboxylic acids is 1. The Balaban J connectivity index is 3.88. The molecular weight excluding hydrogens is 244 g/mol. The lowest BCUT2D eigenvalue weighted by Crippen LogP contribution is -2.31. The van der Waals surface area contributed by atoms with Crippen molar-refractivity contribution in [3.8, 4) is 0 Å². The van der Waals surface area contributed by atoms with Gasteiger partial charge < -0.3 is 16.2 Å². The molecule has 0 saturated carbocycles. The Morgan fingerprint density at radius 2 is 1.95 bits per heavy atom. The zero-order chi connectivity index (χ0) is 14.9. The molecule has 0 heterocycles. The first-order valence-corrected chi connectivity index (χ1v) is 6.99. The quantitative estimate of drug-likeness (QED) is 0.565. The third kappa shape index (κ3) is 9.47. The molecule has 0 saturated heterocycles. The summed E-state index contributed by atoms with van der Waals surface area (Å²) >= 11 is 0. The number of carbonyl (C=O) groups is 2. The van der Waals surface area contributed by atoms with E-state index in [0.717, 1.165) is 12.8 Å². The van der Waals surface area contributed by atoms with E-state index in [0.29, 0.717) is 25.9 Å². The van der Waals surface area contributed by atoms with Crippen LogP contribution in [0.25, 0.3) is 0 Å². The van der Waals surface area contributed by atoms with Gasteiger partial charge >= 0.3 is 5.97 Å². The van der Waals surface area contributed by atoms with Crippen LogP contribution >= 0.6 is 0 Å². The highest BCUT2D eigenvalue weighted by Crippen LogP contribution is 2.26. The van der Waals surface area contributed by atoms with Crippen LogP contribution in [-0.2, 0) is 9.59 Å². The fourth-order valence-electron chi connectivity index (χ4n) is 1.84. The number of carboxylic acids is 1. The van der Waals surface area contributed by atoms with Crippen LogP contribution < -0.4 is 11.1 Å². The molecule has 5 heteroatoms. The van der Waals surface area contributed by atoms with E-state index in [1.165, 1.54) is 0 Å². The molecule has 0 aromatic rings. The number of nitrogens with two attached hydrogens (primary N) is 1. The van der Waals surface area contributed by atoms with Crippen LogP contribution in [-0.4, -0.2) is 30.1 Å². The van der Waals surface area contributed by atoms with Gasteiger partial charge in [-0.3, -0.25) is 9.59 Å². The lowest BCUT2D eigenvalue weighted by atomic mass is 9.84. The zero-order valence-electron chi connectivity index (χ0n) is 12.4. The van der Waals surface area contributed by atoms with Crippen LogP contribution in [0, 0.1) is 11.3 Å². The van der Waals surface area contributed by atoms with Gasteiger partial charge in [-0.2, -0.15) is 0 Å². The molecule has 1 atom stereocenters. The van der Waals surface area contributed by atoms with Crippen molar-refractivity contribution in [3.05, 3.63) is 0 Å². The van der Waals surface area contributed by atoms with Crippen molar-refractivity contribution in [2.45, 2.75) is 52.9 Å². The van der Waals surface area contributed by atoms with Crippen LogP contribution in [0.15, 0.2) is 0 Å². The van der Waals surface area contributed by atoms with Gasteiger partial charge in [-0.1, -0.05) is 27.2 Å². The second-order valence-electron chi connectivity index (χ2n) is 5.87. The van der Waals surface area contributed by atoms with Gasteiger partial charge in [0.25, 0.3) is 0 Å². The molecule has 0 spiro atoms. The molecule has 0 aromatic carbocycles. The van der Waals surface area contributed by atoms with Gasteiger partial charge in [0.2, 0.25) is 5.91 Å². The van der Waals surface area contributed by atoms with Crippen molar-refractivity contribution < 1.29 is 14.7 Å². The van der Waals surface area contributed by atoms with Gasteiger partial charge in [-0.05, 0) is 30.7 Å². The van der Waals surface area contributed by atoms with Gasteiger partial charge in [0, 0.05) is 19.4 Å². The smallest absolute Gasteiger partial charge is 0.303 e. The molecule has 0 aromatic heterocycles. The molecule has 112 valence electrons. The molecule has 0 fully saturated rings. The summed E-state index contributed by atoms with van der Waals surface area (Å²) in [5.41, 5.74) is 5.50. The molecule has 4 N–H and O–H groups in total. The summed E-state index contributed by atoms with van der Waals surface area (Å²) in [6.07, 6.45) is 2.96. The molecule has 19 heavy (non-hydrogen) atoms. The molecule has 0 radical (unpaired) electrons. The van der Waals surface area contributed by atoms with Crippen molar-refractivity contribution in [3.63, 3.8) is 0 Å². The van der Waals surface area contributed by atoms with Gasteiger partial charge in [0.15, 0.2) is 0 Å². The largest absolute Gasteiger partial charge is 0.481 e. The number of rotatable bonds is 10. The van der Waals surface area contributed by atoms with Crippen molar-refractivity contribution in [2.24, 2.45) is 17.1 Å². The van der Waals surface area contributed by atoms with Crippen molar-refractivity contribution in [2.75, 3.05) is 13.1 Å². The molecular formula is C14H28N2O3. The first kappa shape index (κ1) is 17.9. The van der Waals surface area contributed by atoms with E-state index in [2.05, 4.69) is 5.32 Å². The Labute approximate surface area is 115 Å². The number of hydrogen-bond acceptors (Lipinski definition) is 3. The first-order valence-electron chi connectivity index (χ1n) is 6.99. The molecule has 5 nitrogen and oxygen atoms in total. The van der Waals surface area contributed by atoms with E-state index in [1.807, 2.05) is 20.8 Å². The van der Waals surface area contributed by atoms with E-state index in [4.69, 9.17) is 10.8 Å². The third-order valence-corrected chi connectivity index (χ3v) is 3.52. The summed E-state index contributed by atoms with van der Waals surface area (Å²) in [5, 5.41) is 11.5. The maximum absolute atomic E-state index is 11.7. The highest BCUT2D eigenvalue weighted by atomic mass is 16.4. The summed E-state index contributed by atoms with van der Waals surface area (Å²) in [4.78, 5) is 22.2. The molecule has 0 bridgehead atoms. The Morgan fingerprint density at radius 3 is 2.42 bits per heavy atom. The molecule has 0 aliphatic heterocycles. The highest BCUT2D eigenvalue weighted by Gasteiger charge is 2.19. The van der Waals surface area contributed by atoms with Gasteiger partial charge in [-0.25, -0.2) is 0 Å². The number of amides is 1. The van der Waals surface area contributed by atoms with Crippen molar-refractivity contribution in [1.82, 2.24) is 5.32 Å². The summed E-state index contributed by atoms with van der Waals surface area (Å²) in [7, 11) is 0. The maximum atomic E-state index is 11.7. The average Bonchev–Trinajstić information content (AvgIpc) is 2.33. The molecule has 1 amide bonds. The standard InChI is InChI=1S/C14H28N2O3/c1-4-11(10-15)9-12(17)16-8-7-14(2,3)6-5-13(18)19/h11H,4-10,15H2,1-3H3,(H,16,17)(H,18,19). The minimum absolute atomic E-state index is 0.0336. The fraction of sp³-hybridized carbons (Fsp3) is 0.857. The highest BCUT2D eigenvalue weighted by molar-refractivity contribution is 5.76. The van der Waals surface area contributed by atoms with Crippen molar-refractivity contribution >= 4 is 11.9 Å². The van der Waals surface area contributed by atoms with Crippen LogP contribution in [0.2, 0.25) is 0 Å². The summed E-state index contributed by atoms with van der Waals surface area (Å²) in [5.74, 6) is -0.489. The minimum Gasteiger partial charge on any atom is -0.481 e. The second kappa shape index (κ2) is 8.91. The Morgan fingerprint density at radius 1 is 1.32 bits per heavy atom. The summed E-state index contributed by atoms with van der Waals surface area (Å²) in [6.45, 7) is 7.20. The molecule has 0 rings (SSSR count). The van der Waals surface area contributed by atoms with E-state index in [-0.39, 0.29) is 23.7 Å². The zero-order valence-corrected chi connectivity index (χ0v) is 12.4. The number of carboxylic acid groups (broad SMARTS) is 1. The van der Waals surface area contributed by atoms with Crippen LogP contribution in [0.4, 0.5) is 0 Å². The minimum atomic E-state index is -0.772. The monoisotopic (exact) mass is 272 g/mol. The number of aliphatic carboxylic acids is 1. The normalized spacial score (nSPS) is 13.1. The van der Waals surface area contributed by atoms with Crippen LogP contribution in [0.5, 0.6) is 0 Å². The van der Waals surface area contributed by atoms with Crippen molar-refractivity contribution in [1.29, 1.82) is 0 Å². The first-order chi connectivity index (χ1) is 8.80. The van der Waals surface area contributed by atoms with Gasteiger partial charge in [0.1, 0.15) is 0 Å². The van der Waals surface area contributed by atoms with E-state index in [9.17, 15) is 9.59 Å². The van der Waals surface area contributed by atoms with Gasteiger partial charge in [0.05, 0.1) is 0 Å². The Kier molecular flexibility index (Phi) is 8.39. The second-order valence-corrected chi connectivity index (χ2v) is 5.87. The number of hydrogen-bond donors (Lipinski definition) is 3. The SMILES string of the molecule is CCC(CN)CC(=O)NCCC(C)(C)CCC(=O)O. The van der Waals surface area contributed by atoms with E-state index in [1.54, 1.807) is 0 Å². The third-order valence-electron chi connectivity index (χ3n) is 3.52. The molecule has 0 aliphatic rings. The average molecular weight is 272 g/mol. The molecule has 0 aliphatic carbocycles. The predicted octanol–water partition coefficient (Wildman–Crippen LogP) is 1.76. The Hall–Kier alpha value is -1.10. The van der Waals surface area contributed by atoms with Crippen LogP contribution in [0.1, 0.15) is 52.9 Å².